The number of phenols is 1. The highest BCUT2D eigenvalue weighted by molar-refractivity contribution is 5.90. The van der Waals surface area contributed by atoms with E-state index < -0.39 is 0 Å². The number of fused-ring (bicyclic) bond motifs is 1. The summed E-state index contributed by atoms with van der Waals surface area (Å²) in [5.74, 6) is 2.04. The van der Waals surface area contributed by atoms with Crippen LogP contribution in [0.15, 0.2) is 24.3 Å². The Morgan fingerprint density at radius 3 is 2.76 bits per heavy atom. The molecule has 0 radical (unpaired) electrons. The Hall–Kier alpha value is -2.37. The number of aromatic nitrogens is 3. The van der Waals surface area contributed by atoms with E-state index in [9.17, 15) is 9.90 Å². The molecule has 1 saturated carbocycles. The molecule has 1 aromatic carbocycles. The van der Waals surface area contributed by atoms with Crippen LogP contribution in [0.25, 0.3) is 0 Å². The molecule has 0 bridgehead atoms. The molecule has 6 heteroatoms. The smallest absolute Gasteiger partial charge is 0.248 e. The molecule has 1 aliphatic heterocycles. The van der Waals surface area contributed by atoms with Crippen LogP contribution in [0.3, 0.4) is 0 Å². The van der Waals surface area contributed by atoms with Gasteiger partial charge in [-0.1, -0.05) is 37.5 Å². The minimum atomic E-state index is 0.0555. The lowest BCUT2D eigenvalue weighted by atomic mass is 9.89. The first-order valence-electron chi connectivity index (χ1n) is 9.23. The maximum atomic E-state index is 12.4. The predicted molar refractivity (Wildman–Crippen MR) is 94.4 cm³/mol. The lowest BCUT2D eigenvalue weighted by Crippen LogP contribution is -2.25. The molecular weight excluding hydrogens is 316 g/mol. The molecular formula is C19H24N4O2. The number of anilines is 1. The van der Waals surface area contributed by atoms with Crippen LogP contribution in [0.5, 0.6) is 5.75 Å². The van der Waals surface area contributed by atoms with Gasteiger partial charge in [-0.25, -0.2) is 4.68 Å². The second-order valence-electron chi connectivity index (χ2n) is 7.15. The van der Waals surface area contributed by atoms with E-state index in [1.165, 1.54) is 6.42 Å². The fourth-order valence-electron chi connectivity index (χ4n) is 4.03. The number of amides is 1. The van der Waals surface area contributed by atoms with Gasteiger partial charge in [0.1, 0.15) is 11.6 Å². The van der Waals surface area contributed by atoms with Crippen LogP contribution < -0.4 is 5.32 Å². The summed E-state index contributed by atoms with van der Waals surface area (Å²) in [6, 6.07) is 7.47. The fraction of sp³-hybridized carbons (Fsp3) is 0.526. The number of hydrogen-bond donors (Lipinski definition) is 2. The molecule has 0 spiro atoms. The SMILES string of the molecule is O=C(Nc1nc2n(n1)CC(c1ccccc1O)CC2)C1CCCCC1. The van der Waals surface area contributed by atoms with Gasteiger partial charge >= 0.3 is 0 Å². The minimum absolute atomic E-state index is 0.0555. The van der Waals surface area contributed by atoms with Crippen molar-refractivity contribution in [2.45, 2.75) is 57.4 Å². The van der Waals surface area contributed by atoms with Crippen molar-refractivity contribution in [3.05, 3.63) is 35.7 Å². The van der Waals surface area contributed by atoms with E-state index in [-0.39, 0.29) is 17.7 Å². The van der Waals surface area contributed by atoms with Crippen molar-refractivity contribution in [1.29, 1.82) is 0 Å². The van der Waals surface area contributed by atoms with Crippen molar-refractivity contribution >= 4 is 11.9 Å². The normalized spacial score (nSPS) is 20.9. The number of nitrogens with one attached hydrogen (secondary N) is 1. The van der Waals surface area contributed by atoms with E-state index >= 15 is 0 Å². The third-order valence-electron chi connectivity index (χ3n) is 5.45. The maximum absolute atomic E-state index is 12.4. The Morgan fingerprint density at radius 1 is 1.16 bits per heavy atom. The Balaban J connectivity index is 1.45. The number of carbonyl (C=O) groups excluding carboxylic acids is 1. The second kappa shape index (κ2) is 6.86. The van der Waals surface area contributed by atoms with Crippen molar-refractivity contribution in [3.8, 4) is 5.75 Å². The minimum Gasteiger partial charge on any atom is -0.508 e. The molecule has 2 aromatic rings. The molecule has 4 rings (SSSR count). The molecule has 2 aliphatic rings. The van der Waals surface area contributed by atoms with E-state index in [0.717, 1.165) is 49.9 Å². The Morgan fingerprint density at radius 2 is 1.96 bits per heavy atom. The van der Waals surface area contributed by atoms with Crippen LogP contribution in [-0.2, 0) is 17.8 Å². The summed E-state index contributed by atoms with van der Waals surface area (Å²) in [6.45, 7) is 0.680. The zero-order valence-electron chi connectivity index (χ0n) is 14.3. The van der Waals surface area contributed by atoms with Gasteiger partial charge in [-0.3, -0.25) is 10.1 Å². The average Bonchev–Trinajstić information content (AvgIpc) is 3.04. The summed E-state index contributed by atoms with van der Waals surface area (Å²) < 4.78 is 1.87. The third-order valence-corrected chi connectivity index (χ3v) is 5.45. The maximum Gasteiger partial charge on any atom is 0.248 e. The highest BCUT2D eigenvalue weighted by atomic mass is 16.3. The zero-order chi connectivity index (χ0) is 17.2. The van der Waals surface area contributed by atoms with E-state index in [2.05, 4.69) is 15.4 Å². The van der Waals surface area contributed by atoms with E-state index in [1.54, 1.807) is 6.07 Å². The summed E-state index contributed by atoms with van der Waals surface area (Å²) in [6.07, 6.45) is 7.15. The van der Waals surface area contributed by atoms with Gasteiger partial charge in [-0.15, -0.1) is 5.10 Å². The van der Waals surface area contributed by atoms with E-state index in [0.29, 0.717) is 18.2 Å². The first-order valence-corrected chi connectivity index (χ1v) is 9.23. The summed E-state index contributed by atoms with van der Waals surface area (Å²) in [5, 5.41) is 17.5. The molecule has 1 amide bonds. The van der Waals surface area contributed by atoms with Crippen LogP contribution in [0, 0.1) is 5.92 Å². The molecule has 1 aliphatic carbocycles. The van der Waals surface area contributed by atoms with Gasteiger partial charge in [0, 0.05) is 18.3 Å². The first-order chi connectivity index (χ1) is 12.2. The Labute approximate surface area is 147 Å². The first kappa shape index (κ1) is 16.1. The molecule has 2 heterocycles. The van der Waals surface area contributed by atoms with Gasteiger partial charge in [-0.05, 0) is 30.9 Å². The van der Waals surface area contributed by atoms with Crippen LogP contribution in [0.1, 0.15) is 55.8 Å². The van der Waals surface area contributed by atoms with Crippen molar-refractivity contribution in [2.75, 3.05) is 5.32 Å². The van der Waals surface area contributed by atoms with Gasteiger partial charge < -0.3 is 5.11 Å². The van der Waals surface area contributed by atoms with Crippen molar-refractivity contribution < 1.29 is 9.90 Å². The molecule has 2 N–H and O–H groups in total. The zero-order valence-corrected chi connectivity index (χ0v) is 14.3. The number of aryl methyl sites for hydroxylation is 1. The molecule has 1 aromatic heterocycles. The molecule has 6 nitrogen and oxygen atoms in total. The molecule has 1 unspecified atom stereocenters. The quantitative estimate of drug-likeness (QED) is 0.899. The summed E-state index contributed by atoms with van der Waals surface area (Å²) >= 11 is 0. The van der Waals surface area contributed by atoms with E-state index in [1.807, 2.05) is 22.9 Å². The second-order valence-corrected chi connectivity index (χ2v) is 7.15. The topological polar surface area (TPSA) is 80.0 Å². The van der Waals surface area contributed by atoms with Gasteiger partial charge in [0.15, 0.2) is 0 Å². The van der Waals surface area contributed by atoms with Crippen LogP contribution in [-0.4, -0.2) is 25.8 Å². The standard InChI is InChI=1S/C19H24N4O2/c24-16-9-5-4-8-15(16)14-10-11-17-20-19(22-23(17)12-14)21-18(25)13-6-2-1-3-7-13/h4-5,8-9,13-14,24H,1-3,6-7,10-12H2,(H,21,22,25). The largest absolute Gasteiger partial charge is 0.508 e. The summed E-state index contributed by atoms with van der Waals surface area (Å²) in [7, 11) is 0. The van der Waals surface area contributed by atoms with E-state index in [4.69, 9.17) is 0 Å². The van der Waals surface area contributed by atoms with Crippen LogP contribution >= 0.6 is 0 Å². The van der Waals surface area contributed by atoms with Crippen molar-refractivity contribution in [3.63, 3.8) is 0 Å². The van der Waals surface area contributed by atoms with Gasteiger partial charge in [0.05, 0.1) is 6.54 Å². The number of para-hydroxylation sites is 1. The monoisotopic (exact) mass is 340 g/mol. The number of aromatic hydroxyl groups is 1. The molecule has 132 valence electrons. The Bertz CT molecular complexity index is 765. The number of carbonyl (C=O) groups is 1. The van der Waals surface area contributed by atoms with Crippen LogP contribution in [0.4, 0.5) is 5.95 Å². The average molecular weight is 340 g/mol. The number of nitrogens with zero attached hydrogens (tertiary/aromatic N) is 3. The number of benzene rings is 1. The van der Waals surface area contributed by atoms with Crippen molar-refractivity contribution in [1.82, 2.24) is 14.8 Å². The van der Waals surface area contributed by atoms with Crippen molar-refractivity contribution in [2.24, 2.45) is 5.92 Å². The molecule has 1 atom stereocenters. The highest BCUT2D eigenvalue weighted by Gasteiger charge is 2.26. The molecule has 1 fully saturated rings. The van der Waals surface area contributed by atoms with Gasteiger partial charge in [-0.2, -0.15) is 4.98 Å². The summed E-state index contributed by atoms with van der Waals surface area (Å²) in [4.78, 5) is 16.9. The summed E-state index contributed by atoms with van der Waals surface area (Å²) in [5.41, 5.74) is 0.955. The van der Waals surface area contributed by atoms with Crippen LogP contribution in [0.2, 0.25) is 0 Å². The molecule has 25 heavy (non-hydrogen) atoms. The lowest BCUT2D eigenvalue weighted by Gasteiger charge is -2.23. The number of hydrogen-bond acceptors (Lipinski definition) is 4. The Kier molecular flexibility index (Phi) is 4.42. The highest BCUT2D eigenvalue weighted by Crippen LogP contribution is 2.33. The molecule has 0 saturated heterocycles. The van der Waals surface area contributed by atoms with Gasteiger partial charge in [0.25, 0.3) is 0 Å². The fourth-order valence-corrected chi connectivity index (χ4v) is 4.03. The number of phenolic OH excluding ortho intramolecular Hbond substituents is 1. The number of rotatable bonds is 3. The third kappa shape index (κ3) is 3.38. The lowest BCUT2D eigenvalue weighted by molar-refractivity contribution is -0.120. The predicted octanol–water partition coefficient (Wildman–Crippen LogP) is 3.23. The van der Waals surface area contributed by atoms with Gasteiger partial charge in [0.2, 0.25) is 11.9 Å².